The molecule has 120 valence electrons. The lowest BCUT2D eigenvalue weighted by molar-refractivity contribution is -0.124. The van der Waals surface area contributed by atoms with Crippen LogP contribution in [0.5, 0.6) is 5.75 Å². The lowest BCUT2D eigenvalue weighted by Crippen LogP contribution is -2.28. The minimum absolute atomic E-state index is 0.0761. The van der Waals surface area contributed by atoms with Crippen LogP contribution < -0.4 is 10.2 Å². The molecule has 22 heavy (non-hydrogen) atoms. The first kappa shape index (κ1) is 16.5. The number of amides is 1. The van der Waals surface area contributed by atoms with Gasteiger partial charge in [0.2, 0.25) is 5.91 Å². The van der Waals surface area contributed by atoms with Gasteiger partial charge >= 0.3 is 0 Å². The zero-order valence-electron chi connectivity index (χ0n) is 12.7. The first-order valence-corrected chi connectivity index (χ1v) is 9.01. The molecule has 0 unspecified atom stereocenters. The third-order valence-electron chi connectivity index (χ3n) is 3.52. The van der Waals surface area contributed by atoms with E-state index in [1.807, 2.05) is 31.2 Å². The molecule has 1 aromatic carbocycles. The van der Waals surface area contributed by atoms with Crippen molar-refractivity contribution in [3.8, 4) is 5.75 Å². The molecule has 2 rings (SSSR count). The molecule has 1 amide bonds. The van der Waals surface area contributed by atoms with E-state index in [1.165, 1.54) is 0 Å². The molecule has 0 bridgehead atoms. The Bertz CT molecular complexity index is 665. The molecule has 1 heterocycles. The Kier molecular flexibility index (Phi) is 5.18. The van der Waals surface area contributed by atoms with Crippen molar-refractivity contribution in [2.45, 2.75) is 20.3 Å². The van der Waals surface area contributed by atoms with Crippen LogP contribution in [0.25, 0.3) is 0 Å². The SMILES string of the molecule is CCOc1ccc(/C(C)=N\NC(=O)[C@H]2CCS(=O)(=O)C2)cc1. The van der Waals surface area contributed by atoms with Crippen molar-refractivity contribution < 1.29 is 17.9 Å². The van der Waals surface area contributed by atoms with E-state index in [0.717, 1.165) is 11.3 Å². The van der Waals surface area contributed by atoms with Crippen molar-refractivity contribution in [2.75, 3.05) is 18.1 Å². The van der Waals surface area contributed by atoms with Crippen LogP contribution in [-0.2, 0) is 14.6 Å². The summed E-state index contributed by atoms with van der Waals surface area (Å²) in [5.74, 6) is -0.0733. The van der Waals surface area contributed by atoms with Gasteiger partial charge in [0, 0.05) is 0 Å². The Morgan fingerprint density at radius 2 is 2.05 bits per heavy atom. The van der Waals surface area contributed by atoms with Crippen LogP contribution in [0.1, 0.15) is 25.8 Å². The average molecular weight is 324 g/mol. The number of ether oxygens (including phenoxy) is 1. The predicted octanol–water partition coefficient (Wildman–Crippen LogP) is 1.36. The number of nitrogens with zero attached hydrogens (tertiary/aromatic N) is 1. The molecule has 1 aliphatic heterocycles. The monoisotopic (exact) mass is 324 g/mol. The number of carbonyl (C=O) groups excluding carboxylic acids is 1. The third kappa shape index (κ3) is 4.30. The largest absolute Gasteiger partial charge is 0.494 e. The van der Waals surface area contributed by atoms with Crippen LogP contribution in [0.15, 0.2) is 29.4 Å². The van der Waals surface area contributed by atoms with E-state index in [4.69, 9.17) is 4.74 Å². The topological polar surface area (TPSA) is 84.8 Å². The Morgan fingerprint density at radius 1 is 1.36 bits per heavy atom. The van der Waals surface area contributed by atoms with E-state index in [-0.39, 0.29) is 17.4 Å². The smallest absolute Gasteiger partial charge is 0.244 e. The maximum atomic E-state index is 11.9. The third-order valence-corrected chi connectivity index (χ3v) is 5.29. The highest BCUT2D eigenvalue weighted by molar-refractivity contribution is 7.91. The zero-order chi connectivity index (χ0) is 16.2. The van der Waals surface area contributed by atoms with Crippen LogP contribution in [0.4, 0.5) is 0 Å². The summed E-state index contributed by atoms with van der Waals surface area (Å²) in [6.07, 6.45) is 0.367. The molecule has 0 aliphatic carbocycles. The van der Waals surface area contributed by atoms with Crippen LogP contribution in [0.3, 0.4) is 0 Å². The normalized spacial score (nSPS) is 20.6. The number of hydrazone groups is 1. The molecule has 1 aromatic rings. The molecular weight excluding hydrogens is 304 g/mol. The minimum atomic E-state index is -3.06. The number of sulfone groups is 1. The molecule has 1 aliphatic rings. The summed E-state index contributed by atoms with van der Waals surface area (Å²) in [7, 11) is -3.06. The van der Waals surface area contributed by atoms with Gasteiger partial charge < -0.3 is 4.74 Å². The van der Waals surface area contributed by atoms with Gasteiger partial charge in [0.05, 0.1) is 29.7 Å². The van der Waals surface area contributed by atoms with Crippen LogP contribution >= 0.6 is 0 Å². The van der Waals surface area contributed by atoms with E-state index in [2.05, 4.69) is 10.5 Å². The standard InChI is InChI=1S/C15H20N2O4S/c1-3-21-14-6-4-12(5-7-14)11(2)16-17-15(18)13-8-9-22(19,20)10-13/h4-7,13H,3,8-10H2,1-2H3,(H,17,18)/b16-11-/t13-/m0/s1. The summed E-state index contributed by atoms with van der Waals surface area (Å²) in [4.78, 5) is 11.9. The Hall–Kier alpha value is -1.89. The molecule has 1 atom stereocenters. The summed E-state index contributed by atoms with van der Waals surface area (Å²) in [5.41, 5.74) is 3.97. The van der Waals surface area contributed by atoms with Gasteiger partial charge in [-0.05, 0) is 50.1 Å². The van der Waals surface area contributed by atoms with Gasteiger partial charge in [-0.25, -0.2) is 13.8 Å². The summed E-state index contributed by atoms with van der Waals surface area (Å²) >= 11 is 0. The fourth-order valence-electron chi connectivity index (χ4n) is 2.26. The van der Waals surface area contributed by atoms with Crippen molar-refractivity contribution in [1.29, 1.82) is 0 Å². The van der Waals surface area contributed by atoms with Crippen molar-refractivity contribution in [2.24, 2.45) is 11.0 Å². The second kappa shape index (κ2) is 6.91. The van der Waals surface area contributed by atoms with Gasteiger partial charge in [0.1, 0.15) is 5.75 Å². The first-order valence-electron chi connectivity index (χ1n) is 7.19. The summed E-state index contributed by atoms with van der Waals surface area (Å²) in [6, 6.07) is 7.39. The average Bonchev–Trinajstić information content (AvgIpc) is 2.86. The number of benzene rings is 1. The van der Waals surface area contributed by atoms with Gasteiger partial charge in [0.25, 0.3) is 0 Å². The highest BCUT2D eigenvalue weighted by Gasteiger charge is 2.32. The van der Waals surface area contributed by atoms with Gasteiger partial charge in [-0.1, -0.05) is 0 Å². The number of carbonyl (C=O) groups is 1. The molecule has 1 saturated heterocycles. The van der Waals surface area contributed by atoms with Crippen molar-refractivity contribution in [3.05, 3.63) is 29.8 Å². The summed E-state index contributed by atoms with van der Waals surface area (Å²) in [6.45, 7) is 4.30. The van der Waals surface area contributed by atoms with E-state index in [1.54, 1.807) is 6.92 Å². The molecule has 0 aromatic heterocycles. The zero-order valence-corrected chi connectivity index (χ0v) is 13.5. The van der Waals surface area contributed by atoms with Gasteiger partial charge in [-0.2, -0.15) is 5.10 Å². The van der Waals surface area contributed by atoms with Crippen LogP contribution in [-0.4, -0.2) is 38.1 Å². The van der Waals surface area contributed by atoms with Gasteiger partial charge in [0.15, 0.2) is 9.84 Å². The van der Waals surface area contributed by atoms with Crippen molar-refractivity contribution >= 4 is 21.5 Å². The van der Waals surface area contributed by atoms with Crippen LogP contribution in [0.2, 0.25) is 0 Å². The Morgan fingerprint density at radius 3 is 2.59 bits per heavy atom. The van der Waals surface area contributed by atoms with E-state index in [0.29, 0.717) is 18.7 Å². The van der Waals surface area contributed by atoms with E-state index < -0.39 is 15.8 Å². The molecular formula is C15H20N2O4S. The van der Waals surface area contributed by atoms with E-state index in [9.17, 15) is 13.2 Å². The summed E-state index contributed by atoms with van der Waals surface area (Å²) < 4.78 is 28.1. The van der Waals surface area contributed by atoms with Crippen molar-refractivity contribution in [3.63, 3.8) is 0 Å². The van der Waals surface area contributed by atoms with Crippen LogP contribution in [0, 0.1) is 5.92 Å². The van der Waals surface area contributed by atoms with E-state index >= 15 is 0 Å². The quantitative estimate of drug-likeness (QED) is 0.654. The predicted molar refractivity (Wildman–Crippen MR) is 84.7 cm³/mol. The highest BCUT2D eigenvalue weighted by Crippen LogP contribution is 2.18. The van der Waals surface area contributed by atoms with Crippen molar-refractivity contribution in [1.82, 2.24) is 5.43 Å². The summed E-state index contributed by atoms with van der Waals surface area (Å²) in [5, 5.41) is 4.04. The molecule has 1 fully saturated rings. The number of rotatable bonds is 5. The fraction of sp³-hybridized carbons (Fsp3) is 0.467. The first-order chi connectivity index (χ1) is 10.4. The molecule has 0 radical (unpaired) electrons. The van der Waals surface area contributed by atoms with Gasteiger partial charge in [-0.3, -0.25) is 4.79 Å². The molecule has 0 spiro atoms. The second-order valence-corrected chi connectivity index (χ2v) is 7.46. The maximum absolute atomic E-state index is 11.9. The number of hydrogen-bond acceptors (Lipinski definition) is 5. The Labute approximate surface area is 130 Å². The lowest BCUT2D eigenvalue weighted by Gasteiger charge is -2.07. The number of hydrogen-bond donors (Lipinski definition) is 1. The lowest BCUT2D eigenvalue weighted by atomic mass is 10.1. The fourth-order valence-corrected chi connectivity index (χ4v) is 4.00. The maximum Gasteiger partial charge on any atom is 0.244 e. The number of nitrogens with one attached hydrogen (secondary N) is 1. The highest BCUT2D eigenvalue weighted by atomic mass is 32.2. The Balaban J connectivity index is 1.96. The molecule has 1 N–H and O–H groups in total. The molecule has 7 heteroatoms. The second-order valence-electron chi connectivity index (χ2n) is 5.23. The molecule has 6 nitrogen and oxygen atoms in total. The molecule has 0 saturated carbocycles. The van der Waals surface area contributed by atoms with Gasteiger partial charge in [-0.15, -0.1) is 0 Å². The minimum Gasteiger partial charge on any atom is -0.494 e.